The van der Waals surface area contributed by atoms with Gasteiger partial charge in [-0.3, -0.25) is 9.59 Å². The number of likely N-dealkylation sites (tertiary alicyclic amines) is 1. The number of rotatable bonds is 5. The van der Waals surface area contributed by atoms with Crippen LogP contribution >= 0.6 is 0 Å². The average molecular weight is 337 g/mol. The first kappa shape index (κ1) is 16.7. The zero-order valence-electron chi connectivity index (χ0n) is 13.6. The van der Waals surface area contributed by atoms with Crippen LogP contribution in [-0.4, -0.2) is 34.6 Å². The number of carbonyl (C=O) groups is 2. The molecule has 2 N–H and O–H groups in total. The maximum absolute atomic E-state index is 12.2. The third kappa shape index (κ3) is 4.23. The van der Waals surface area contributed by atoms with Crippen molar-refractivity contribution in [3.05, 3.63) is 65.7 Å². The Bertz CT molecular complexity index is 790. The molecule has 2 amide bonds. The fraction of sp³-hybridized carbons (Fsp3) is 0.211. The first-order valence-corrected chi connectivity index (χ1v) is 8.06. The van der Waals surface area contributed by atoms with Crippen LogP contribution in [0.2, 0.25) is 0 Å². The van der Waals surface area contributed by atoms with Crippen molar-refractivity contribution >= 4 is 18.0 Å². The number of phenolic OH excluding ortho intramolecular Hbond substituents is 1. The molecule has 0 saturated carbocycles. The number of para-hydroxylation sites is 1. The van der Waals surface area contributed by atoms with E-state index in [4.69, 9.17) is 0 Å². The third-order valence-electron chi connectivity index (χ3n) is 4.12. The molecular weight excluding hydrogens is 318 g/mol. The minimum Gasteiger partial charge on any atom is -0.507 e. The highest BCUT2D eigenvalue weighted by molar-refractivity contribution is 5.90. The van der Waals surface area contributed by atoms with Crippen molar-refractivity contribution in [1.82, 2.24) is 10.3 Å². The number of hydrogen-bond acceptors (Lipinski definition) is 4. The van der Waals surface area contributed by atoms with Crippen molar-refractivity contribution in [2.75, 3.05) is 6.54 Å². The molecule has 1 fully saturated rings. The van der Waals surface area contributed by atoms with E-state index in [1.165, 1.54) is 6.21 Å². The first-order chi connectivity index (χ1) is 12.1. The second-order valence-electron chi connectivity index (χ2n) is 5.95. The molecule has 1 unspecified atom stereocenters. The van der Waals surface area contributed by atoms with Crippen molar-refractivity contribution in [1.29, 1.82) is 0 Å². The maximum Gasteiger partial charge on any atom is 0.245 e. The molecule has 1 saturated heterocycles. The van der Waals surface area contributed by atoms with Crippen molar-refractivity contribution in [2.45, 2.75) is 13.0 Å². The predicted molar refractivity (Wildman–Crippen MR) is 93.8 cm³/mol. The molecule has 1 aliphatic rings. The van der Waals surface area contributed by atoms with Gasteiger partial charge in [-0.25, -0.2) is 5.43 Å². The average Bonchev–Trinajstić information content (AvgIpc) is 2.98. The van der Waals surface area contributed by atoms with Gasteiger partial charge < -0.3 is 10.0 Å². The second-order valence-corrected chi connectivity index (χ2v) is 5.95. The number of hydrogen-bond donors (Lipinski definition) is 2. The van der Waals surface area contributed by atoms with Gasteiger partial charge in [-0.05, 0) is 17.7 Å². The standard InChI is InChI=1S/C19H19N3O3/c23-17-9-5-4-8-15(17)11-20-21-19(25)16-10-18(24)22(13-16)12-14-6-2-1-3-7-14/h1-9,11,16,23H,10,12-13H2,(H,21,25)/b20-11+. The first-order valence-electron chi connectivity index (χ1n) is 8.06. The van der Waals surface area contributed by atoms with Crippen LogP contribution in [0.4, 0.5) is 0 Å². The van der Waals surface area contributed by atoms with Crippen LogP contribution in [0.15, 0.2) is 59.7 Å². The lowest BCUT2D eigenvalue weighted by Crippen LogP contribution is -2.30. The molecule has 0 radical (unpaired) electrons. The topological polar surface area (TPSA) is 82.0 Å². The molecule has 2 aromatic rings. The summed E-state index contributed by atoms with van der Waals surface area (Å²) in [5.41, 5.74) is 3.99. The summed E-state index contributed by atoms with van der Waals surface area (Å²) in [5.74, 6) is -0.660. The van der Waals surface area contributed by atoms with Crippen LogP contribution in [0.25, 0.3) is 0 Å². The summed E-state index contributed by atoms with van der Waals surface area (Å²) in [6.45, 7) is 0.885. The fourth-order valence-electron chi connectivity index (χ4n) is 2.76. The van der Waals surface area contributed by atoms with Crippen molar-refractivity contribution in [2.24, 2.45) is 11.0 Å². The van der Waals surface area contributed by atoms with Gasteiger partial charge in [0.1, 0.15) is 5.75 Å². The van der Waals surface area contributed by atoms with Gasteiger partial charge in [0.15, 0.2) is 0 Å². The van der Waals surface area contributed by atoms with Crippen LogP contribution in [0.1, 0.15) is 17.5 Å². The number of amides is 2. The van der Waals surface area contributed by atoms with Gasteiger partial charge in [0, 0.05) is 25.1 Å². The zero-order chi connectivity index (χ0) is 17.6. The molecular formula is C19H19N3O3. The molecule has 1 aliphatic heterocycles. The summed E-state index contributed by atoms with van der Waals surface area (Å²) in [4.78, 5) is 26.0. The summed E-state index contributed by atoms with van der Waals surface area (Å²) >= 11 is 0. The van der Waals surface area contributed by atoms with Crippen LogP contribution in [0, 0.1) is 5.92 Å². The Morgan fingerprint density at radius 3 is 2.68 bits per heavy atom. The fourth-order valence-corrected chi connectivity index (χ4v) is 2.76. The minimum atomic E-state index is -0.419. The molecule has 6 heteroatoms. The van der Waals surface area contributed by atoms with Gasteiger partial charge in [0.25, 0.3) is 0 Å². The normalized spacial score (nSPS) is 17.2. The molecule has 1 heterocycles. The Balaban J connectivity index is 1.55. The Morgan fingerprint density at radius 2 is 1.92 bits per heavy atom. The smallest absolute Gasteiger partial charge is 0.245 e. The van der Waals surface area contributed by atoms with E-state index in [0.717, 1.165) is 5.56 Å². The number of carbonyl (C=O) groups excluding carboxylic acids is 2. The highest BCUT2D eigenvalue weighted by Crippen LogP contribution is 2.20. The SMILES string of the molecule is O=C(N/N=C/c1ccccc1O)C1CC(=O)N(Cc2ccccc2)C1. The second kappa shape index (κ2) is 7.61. The van der Waals surface area contributed by atoms with Gasteiger partial charge in [0.05, 0.1) is 12.1 Å². The largest absolute Gasteiger partial charge is 0.507 e. The number of benzene rings is 2. The highest BCUT2D eigenvalue weighted by Gasteiger charge is 2.34. The molecule has 0 spiro atoms. The van der Waals surface area contributed by atoms with Gasteiger partial charge >= 0.3 is 0 Å². The van der Waals surface area contributed by atoms with Gasteiger partial charge in [-0.1, -0.05) is 42.5 Å². The molecule has 3 rings (SSSR count). The van der Waals surface area contributed by atoms with Gasteiger partial charge in [0.2, 0.25) is 11.8 Å². The van der Waals surface area contributed by atoms with Crippen molar-refractivity contribution < 1.29 is 14.7 Å². The molecule has 2 aromatic carbocycles. The van der Waals surface area contributed by atoms with Crippen LogP contribution in [-0.2, 0) is 16.1 Å². The van der Waals surface area contributed by atoms with E-state index in [-0.39, 0.29) is 24.0 Å². The number of phenols is 1. The summed E-state index contributed by atoms with van der Waals surface area (Å²) in [6, 6.07) is 16.4. The van der Waals surface area contributed by atoms with Gasteiger partial charge in [-0.2, -0.15) is 5.10 Å². The van der Waals surface area contributed by atoms with E-state index in [2.05, 4.69) is 10.5 Å². The third-order valence-corrected chi connectivity index (χ3v) is 4.12. The quantitative estimate of drug-likeness (QED) is 0.646. The summed E-state index contributed by atoms with van der Waals surface area (Å²) in [7, 11) is 0. The van der Waals surface area contributed by atoms with Crippen molar-refractivity contribution in [3.8, 4) is 5.75 Å². The number of nitrogens with one attached hydrogen (secondary N) is 1. The van der Waals surface area contributed by atoms with E-state index in [1.54, 1.807) is 29.2 Å². The number of aromatic hydroxyl groups is 1. The molecule has 6 nitrogen and oxygen atoms in total. The van der Waals surface area contributed by atoms with Crippen LogP contribution in [0.3, 0.4) is 0 Å². The molecule has 0 aromatic heterocycles. The Morgan fingerprint density at radius 1 is 1.20 bits per heavy atom. The highest BCUT2D eigenvalue weighted by atomic mass is 16.3. The van der Waals surface area contributed by atoms with Crippen LogP contribution < -0.4 is 5.43 Å². The van der Waals surface area contributed by atoms with Crippen molar-refractivity contribution in [3.63, 3.8) is 0 Å². The molecule has 128 valence electrons. The van der Waals surface area contributed by atoms with E-state index >= 15 is 0 Å². The van der Waals surface area contributed by atoms with E-state index in [0.29, 0.717) is 18.7 Å². The molecule has 1 atom stereocenters. The monoisotopic (exact) mass is 337 g/mol. The Labute approximate surface area is 145 Å². The zero-order valence-corrected chi connectivity index (χ0v) is 13.6. The molecule has 25 heavy (non-hydrogen) atoms. The predicted octanol–water partition coefficient (Wildman–Crippen LogP) is 1.89. The molecule has 0 bridgehead atoms. The summed E-state index contributed by atoms with van der Waals surface area (Å²) < 4.78 is 0. The number of nitrogens with zero attached hydrogens (tertiary/aromatic N) is 2. The summed E-state index contributed by atoms with van der Waals surface area (Å²) in [5, 5.41) is 13.5. The summed E-state index contributed by atoms with van der Waals surface area (Å²) in [6.07, 6.45) is 1.57. The lowest BCUT2D eigenvalue weighted by atomic mass is 10.1. The van der Waals surface area contributed by atoms with Gasteiger partial charge in [-0.15, -0.1) is 0 Å². The lowest BCUT2D eigenvalue weighted by molar-refractivity contribution is -0.129. The number of hydrazone groups is 1. The van der Waals surface area contributed by atoms with Crippen LogP contribution in [0.5, 0.6) is 5.75 Å². The molecule has 0 aliphatic carbocycles. The Hall–Kier alpha value is -3.15. The maximum atomic E-state index is 12.2. The van der Waals surface area contributed by atoms with E-state index in [9.17, 15) is 14.7 Å². The van der Waals surface area contributed by atoms with E-state index < -0.39 is 5.92 Å². The Kier molecular flexibility index (Phi) is 5.09. The minimum absolute atomic E-state index is 0.0336. The lowest BCUT2D eigenvalue weighted by Gasteiger charge is -2.16. The van der Waals surface area contributed by atoms with E-state index in [1.807, 2.05) is 30.3 Å².